The van der Waals surface area contributed by atoms with Crippen molar-refractivity contribution < 1.29 is 13.9 Å². The molecular weight excluding hydrogens is 320 g/mol. The number of amides is 1. The van der Waals surface area contributed by atoms with Gasteiger partial charge in [-0.2, -0.15) is 4.98 Å². The summed E-state index contributed by atoms with van der Waals surface area (Å²) in [4.78, 5) is 23.1. The molecule has 134 valence electrons. The predicted octanol–water partition coefficient (Wildman–Crippen LogP) is 2.40. The lowest BCUT2D eigenvalue weighted by Crippen LogP contribution is -2.28. The Bertz CT molecular complexity index is 751. The van der Waals surface area contributed by atoms with Gasteiger partial charge in [-0.25, -0.2) is 4.98 Å². The number of furan rings is 1. The molecule has 1 amide bonds. The lowest BCUT2D eigenvalue weighted by Gasteiger charge is -2.17. The minimum Gasteiger partial charge on any atom is -0.476 e. The molecule has 2 aromatic rings. The Morgan fingerprint density at radius 3 is 2.68 bits per heavy atom. The summed E-state index contributed by atoms with van der Waals surface area (Å²) >= 11 is 0. The Kier molecular flexibility index (Phi) is 5.21. The summed E-state index contributed by atoms with van der Waals surface area (Å²) in [6.07, 6.45) is 2.39. The Hall–Kier alpha value is -2.57. The highest BCUT2D eigenvalue weighted by atomic mass is 16.5. The average molecular weight is 344 g/mol. The SMILES string of the molecule is Cc1nc(OCCNC(=O)c2cc(C)oc2C)cc(N2CCCC2)n1. The van der Waals surface area contributed by atoms with Gasteiger partial charge in [-0.15, -0.1) is 0 Å². The molecule has 1 N–H and O–H groups in total. The van der Waals surface area contributed by atoms with Crippen molar-refractivity contribution >= 4 is 11.7 Å². The van der Waals surface area contributed by atoms with Crippen molar-refractivity contribution in [3.8, 4) is 5.88 Å². The molecule has 0 aliphatic carbocycles. The van der Waals surface area contributed by atoms with Crippen molar-refractivity contribution in [2.45, 2.75) is 33.6 Å². The molecule has 0 atom stereocenters. The number of ether oxygens (including phenoxy) is 1. The fraction of sp³-hybridized carbons (Fsp3) is 0.500. The summed E-state index contributed by atoms with van der Waals surface area (Å²) in [7, 11) is 0. The summed E-state index contributed by atoms with van der Waals surface area (Å²) in [5.41, 5.74) is 0.562. The summed E-state index contributed by atoms with van der Waals surface area (Å²) in [5, 5.41) is 2.83. The molecule has 2 aromatic heterocycles. The van der Waals surface area contributed by atoms with Crippen molar-refractivity contribution in [2.24, 2.45) is 0 Å². The van der Waals surface area contributed by atoms with Crippen molar-refractivity contribution in [3.05, 3.63) is 35.0 Å². The van der Waals surface area contributed by atoms with E-state index in [1.807, 2.05) is 19.9 Å². The molecule has 3 rings (SSSR count). The lowest BCUT2D eigenvalue weighted by atomic mass is 10.2. The molecule has 0 spiro atoms. The molecule has 1 aliphatic rings. The van der Waals surface area contributed by atoms with E-state index >= 15 is 0 Å². The van der Waals surface area contributed by atoms with E-state index in [1.54, 1.807) is 13.0 Å². The van der Waals surface area contributed by atoms with Gasteiger partial charge in [0.15, 0.2) is 0 Å². The minimum absolute atomic E-state index is 0.158. The first kappa shape index (κ1) is 17.3. The number of aromatic nitrogens is 2. The largest absolute Gasteiger partial charge is 0.476 e. The van der Waals surface area contributed by atoms with Gasteiger partial charge >= 0.3 is 0 Å². The maximum atomic E-state index is 12.1. The Morgan fingerprint density at radius 2 is 2.00 bits per heavy atom. The van der Waals surface area contributed by atoms with Crippen LogP contribution in [0.2, 0.25) is 0 Å². The Balaban J connectivity index is 1.52. The number of carbonyl (C=O) groups excluding carboxylic acids is 1. The van der Waals surface area contributed by atoms with E-state index in [-0.39, 0.29) is 5.91 Å². The van der Waals surface area contributed by atoms with Gasteiger partial charge in [0, 0.05) is 19.2 Å². The predicted molar refractivity (Wildman–Crippen MR) is 94.2 cm³/mol. The minimum atomic E-state index is -0.158. The first-order valence-corrected chi connectivity index (χ1v) is 8.61. The van der Waals surface area contributed by atoms with E-state index in [2.05, 4.69) is 20.2 Å². The summed E-state index contributed by atoms with van der Waals surface area (Å²) in [6, 6.07) is 3.60. The lowest BCUT2D eigenvalue weighted by molar-refractivity contribution is 0.0945. The number of anilines is 1. The number of hydrogen-bond acceptors (Lipinski definition) is 6. The van der Waals surface area contributed by atoms with Crippen LogP contribution in [0.25, 0.3) is 0 Å². The van der Waals surface area contributed by atoms with Crippen LogP contribution < -0.4 is 15.0 Å². The van der Waals surface area contributed by atoms with E-state index in [4.69, 9.17) is 9.15 Å². The number of rotatable bonds is 6. The monoisotopic (exact) mass is 344 g/mol. The molecule has 0 aromatic carbocycles. The normalized spacial score (nSPS) is 14.0. The second kappa shape index (κ2) is 7.55. The third-order valence-corrected chi connectivity index (χ3v) is 4.15. The Morgan fingerprint density at radius 1 is 1.24 bits per heavy atom. The van der Waals surface area contributed by atoms with E-state index < -0.39 is 0 Å². The highest BCUT2D eigenvalue weighted by Crippen LogP contribution is 2.21. The second-order valence-corrected chi connectivity index (χ2v) is 6.24. The van der Waals surface area contributed by atoms with Gasteiger partial charge in [0.25, 0.3) is 5.91 Å². The molecule has 1 saturated heterocycles. The van der Waals surface area contributed by atoms with Crippen LogP contribution in [0.15, 0.2) is 16.5 Å². The first-order chi connectivity index (χ1) is 12.0. The smallest absolute Gasteiger partial charge is 0.254 e. The number of aryl methyl sites for hydroxylation is 3. The van der Waals surface area contributed by atoms with E-state index in [0.29, 0.717) is 36.2 Å². The second-order valence-electron chi connectivity index (χ2n) is 6.24. The molecule has 0 radical (unpaired) electrons. The fourth-order valence-corrected chi connectivity index (χ4v) is 2.98. The summed E-state index contributed by atoms with van der Waals surface area (Å²) in [5.74, 6) is 3.33. The van der Waals surface area contributed by atoms with Gasteiger partial charge in [0.2, 0.25) is 5.88 Å². The molecule has 7 heteroatoms. The standard InChI is InChI=1S/C18H24N4O3/c1-12-10-15(13(2)25-12)18(23)19-6-9-24-17-11-16(20-14(3)21-17)22-7-4-5-8-22/h10-11H,4-9H2,1-3H3,(H,19,23). The molecule has 1 aliphatic heterocycles. The van der Waals surface area contributed by atoms with Gasteiger partial charge in [-0.3, -0.25) is 4.79 Å². The zero-order valence-electron chi connectivity index (χ0n) is 15.0. The third kappa shape index (κ3) is 4.29. The Labute approximate surface area is 147 Å². The van der Waals surface area contributed by atoms with Crippen LogP contribution >= 0.6 is 0 Å². The molecule has 25 heavy (non-hydrogen) atoms. The number of hydrogen-bond donors (Lipinski definition) is 1. The van der Waals surface area contributed by atoms with Crippen molar-refractivity contribution in [2.75, 3.05) is 31.1 Å². The number of carbonyl (C=O) groups is 1. The highest BCUT2D eigenvalue weighted by Gasteiger charge is 2.16. The first-order valence-electron chi connectivity index (χ1n) is 8.61. The summed E-state index contributed by atoms with van der Waals surface area (Å²) < 4.78 is 11.1. The van der Waals surface area contributed by atoms with E-state index in [0.717, 1.165) is 24.7 Å². The molecule has 0 saturated carbocycles. The van der Waals surface area contributed by atoms with Crippen molar-refractivity contribution in [1.29, 1.82) is 0 Å². The average Bonchev–Trinajstić information content (AvgIpc) is 3.20. The van der Waals surface area contributed by atoms with E-state index in [9.17, 15) is 4.79 Å². The van der Waals surface area contributed by atoms with Gasteiger partial charge in [0.05, 0.1) is 12.1 Å². The molecule has 7 nitrogen and oxygen atoms in total. The zero-order valence-corrected chi connectivity index (χ0v) is 15.0. The maximum absolute atomic E-state index is 12.1. The van der Waals surface area contributed by atoms with Crippen molar-refractivity contribution in [1.82, 2.24) is 15.3 Å². The number of nitrogens with one attached hydrogen (secondary N) is 1. The maximum Gasteiger partial charge on any atom is 0.254 e. The third-order valence-electron chi connectivity index (χ3n) is 4.15. The molecular formula is C18H24N4O3. The van der Waals surface area contributed by atoms with Crippen LogP contribution in [0.3, 0.4) is 0 Å². The van der Waals surface area contributed by atoms with Crippen LogP contribution in [-0.2, 0) is 0 Å². The molecule has 0 unspecified atom stereocenters. The van der Waals surface area contributed by atoms with Crippen LogP contribution in [0, 0.1) is 20.8 Å². The van der Waals surface area contributed by atoms with Gasteiger partial charge < -0.3 is 19.4 Å². The number of nitrogens with zero attached hydrogens (tertiary/aromatic N) is 3. The highest BCUT2D eigenvalue weighted by molar-refractivity contribution is 5.95. The molecule has 0 bridgehead atoms. The van der Waals surface area contributed by atoms with Gasteiger partial charge in [-0.1, -0.05) is 0 Å². The molecule has 1 fully saturated rings. The van der Waals surface area contributed by atoms with Crippen LogP contribution in [0.1, 0.15) is 40.5 Å². The zero-order chi connectivity index (χ0) is 17.8. The summed E-state index contributed by atoms with van der Waals surface area (Å²) in [6.45, 7) is 8.25. The fourth-order valence-electron chi connectivity index (χ4n) is 2.98. The van der Waals surface area contributed by atoms with Crippen LogP contribution in [0.4, 0.5) is 5.82 Å². The topological polar surface area (TPSA) is 80.5 Å². The molecule has 3 heterocycles. The van der Waals surface area contributed by atoms with Gasteiger partial charge in [0.1, 0.15) is 29.8 Å². The van der Waals surface area contributed by atoms with Crippen LogP contribution in [-0.4, -0.2) is 42.1 Å². The van der Waals surface area contributed by atoms with Crippen LogP contribution in [0.5, 0.6) is 5.88 Å². The van der Waals surface area contributed by atoms with E-state index in [1.165, 1.54) is 12.8 Å². The van der Waals surface area contributed by atoms with Gasteiger partial charge in [-0.05, 0) is 39.7 Å². The quantitative estimate of drug-likeness (QED) is 0.811. The van der Waals surface area contributed by atoms with Crippen molar-refractivity contribution in [3.63, 3.8) is 0 Å².